The monoisotopic (exact) mass is 265 g/mol. The van der Waals surface area contributed by atoms with E-state index in [1.54, 1.807) is 0 Å². The molecule has 1 heterocycles. The molecule has 0 bridgehead atoms. The normalized spacial score (nSPS) is 21.5. The van der Waals surface area contributed by atoms with Crippen molar-refractivity contribution in [3.05, 3.63) is 29.8 Å². The molecule has 1 fully saturated rings. The summed E-state index contributed by atoms with van der Waals surface area (Å²) in [6, 6.07) is 8.00. The molecule has 0 aliphatic carbocycles. The Balaban J connectivity index is 1.78. The first-order chi connectivity index (χ1) is 9.20. The summed E-state index contributed by atoms with van der Waals surface area (Å²) in [7, 11) is 0. The first-order valence-corrected chi connectivity index (χ1v) is 6.92. The van der Waals surface area contributed by atoms with E-state index in [0.717, 1.165) is 30.7 Å². The van der Waals surface area contributed by atoms with Crippen LogP contribution in [-0.4, -0.2) is 53.6 Å². The standard InChI is InChI=1S/C15H23NO3/c1-12-5-2-3-7-15(12)19-11-14(18)9-16-8-4-6-13(16)10-17/h2-3,5,7,13-14,17-18H,4,6,8-11H2,1H3/t13-,14+/m1/s1. The summed E-state index contributed by atoms with van der Waals surface area (Å²) in [4.78, 5) is 2.14. The van der Waals surface area contributed by atoms with Gasteiger partial charge in [0.05, 0.1) is 6.61 Å². The third-order valence-electron chi connectivity index (χ3n) is 3.68. The molecule has 2 N–H and O–H groups in total. The summed E-state index contributed by atoms with van der Waals surface area (Å²) in [6.07, 6.45) is 1.59. The highest BCUT2D eigenvalue weighted by molar-refractivity contribution is 5.31. The van der Waals surface area contributed by atoms with Crippen molar-refractivity contribution in [2.24, 2.45) is 0 Å². The molecular formula is C15H23NO3. The third-order valence-corrected chi connectivity index (χ3v) is 3.68. The maximum absolute atomic E-state index is 10.0. The van der Waals surface area contributed by atoms with Crippen LogP contribution in [0.5, 0.6) is 5.75 Å². The van der Waals surface area contributed by atoms with Gasteiger partial charge in [0.15, 0.2) is 0 Å². The molecule has 1 aromatic carbocycles. The molecule has 4 nitrogen and oxygen atoms in total. The second-order valence-electron chi connectivity index (χ2n) is 5.20. The highest BCUT2D eigenvalue weighted by Crippen LogP contribution is 2.18. The van der Waals surface area contributed by atoms with Crippen LogP contribution in [0.15, 0.2) is 24.3 Å². The van der Waals surface area contributed by atoms with E-state index >= 15 is 0 Å². The molecule has 0 aromatic heterocycles. The highest BCUT2D eigenvalue weighted by atomic mass is 16.5. The molecule has 2 rings (SSSR count). The number of β-amino-alcohol motifs (C(OH)–C–C–N with tert-alkyl or cyclic N) is 1. The average Bonchev–Trinajstić information content (AvgIpc) is 2.85. The molecule has 0 radical (unpaired) electrons. The Labute approximate surface area is 114 Å². The zero-order valence-electron chi connectivity index (χ0n) is 11.5. The molecule has 0 saturated carbocycles. The van der Waals surface area contributed by atoms with Gasteiger partial charge in [-0.05, 0) is 37.9 Å². The Morgan fingerprint density at radius 1 is 1.42 bits per heavy atom. The SMILES string of the molecule is Cc1ccccc1OC[C@@H](O)CN1CCC[C@@H]1CO. The van der Waals surface area contributed by atoms with E-state index in [1.807, 2.05) is 31.2 Å². The maximum atomic E-state index is 10.0. The molecule has 2 atom stereocenters. The summed E-state index contributed by atoms with van der Waals surface area (Å²) in [6.45, 7) is 3.97. The van der Waals surface area contributed by atoms with Crippen LogP contribution < -0.4 is 4.74 Å². The van der Waals surface area contributed by atoms with Crippen molar-refractivity contribution in [3.63, 3.8) is 0 Å². The summed E-state index contributed by atoms with van der Waals surface area (Å²) < 4.78 is 5.64. The van der Waals surface area contributed by atoms with Gasteiger partial charge >= 0.3 is 0 Å². The summed E-state index contributed by atoms with van der Waals surface area (Å²) in [5.74, 6) is 0.821. The van der Waals surface area contributed by atoms with Gasteiger partial charge in [0.1, 0.15) is 18.5 Å². The molecule has 1 aliphatic rings. The van der Waals surface area contributed by atoms with Crippen LogP contribution in [0.3, 0.4) is 0 Å². The predicted octanol–water partition coefficient (Wildman–Crippen LogP) is 1.19. The van der Waals surface area contributed by atoms with E-state index in [4.69, 9.17) is 4.74 Å². The number of ether oxygens (including phenoxy) is 1. The number of aryl methyl sites for hydroxylation is 1. The Bertz CT molecular complexity index is 397. The number of benzene rings is 1. The third kappa shape index (κ3) is 3.93. The van der Waals surface area contributed by atoms with Gasteiger partial charge in [0.25, 0.3) is 0 Å². The fourth-order valence-corrected chi connectivity index (χ4v) is 2.57. The lowest BCUT2D eigenvalue weighted by Crippen LogP contribution is -2.40. The van der Waals surface area contributed by atoms with Gasteiger partial charge < -0.3 is 14.9 Å². The minimum Gasteiger partial charge on any atom is -0.491 e. The zero-order valence-corrected chi connectivity index (χ0v) is 11.5. The summed E-state index contributed by atoms with van der Waals surface area (Å²) in [5, 5.41) is 19.3. The van der Waals surface area contributed by atoms with E-state index in [2.05, 4.69) is 4.90 Å². The quantitative estimate of drug-likeness (QED) is 0.811. The molecule has 106 valence electrons. The minimum absolute atomic E-state index is 0.172. The van der Waals surface area contributed by atoms with Crippen molar-refractivity contribution in [2.75, 3.05) is 26.3 Å². The van der Waals surface area contributed by atoms with Gasteiger partial charge in [0, 0.05) is 12.6 Å². The molecule has 1 aliphatic heterocycles. The second kappa shape index (κ2) is 6.89. The van der Waals surface area contributed by atoms with Crippen molar-refractivity contribution in [1.82, 2.24) is 4.90 Å². The van der Waals surface area contributed by atoms with Crippen LogP contribution in [0.25, 0.3) is 0 Å². The van der Waals surface area contributed by atoms with Gasteiger partial charge in [-0.1, -0.05) is 18.2 Å². The molecule has 0 amide bonds. The van der Waals surface area contributed by atoms with E-state index in [-0.39, 0.29) is 12.6 Å². The predicted molar refractivity (Wildman–Crippen MR) is 74.4 cm³/mol. The van der Waals surface area contributed by atoms with Crippen LogP contribution in [-0.2, 0) is 0 Å². The van der Waals surface area contributed by atoms with Crippen LogP contribution in [0.1, 0.15) is 18.4 Å². The average molecular weight is 265 g/mol. The van der Waals surface area contributed by atoms with E-state index in [0.29, 0.717) is 13.2 Å². The van der Waals surface area contributed by atoms with Crippen LogP contribution in [0.2, 0.25) is 0 Å². The maximum Gasteiger partial charge on any atom is 0.122 e. The zero-order chi connectivity index (χ0) is 13.7. The number of para-hydroxylation sites is 1. The van der Waals surface area contributed by atoms with Crippen LogP contribution in [0.4, 0.5) is 0 Å². The molecule has 1 aromatic rings. The van der Waals surface area contributed by atoms with Gasteiger partial charge in [-0.15, -0.1) is 0 Å². The van der Waals surface area contributed by atoms with E-state index in [9.17, 15) is 10.2 Å². The number of likely N-dealkylation sites (tertiary alicyclic amines) is 1. The lowest BCUT2D eigenvalue weighted by molar-refractivity contribution is 0.0531. The number of aliphatic hydroxyl groups excluding tert-OH is 2. The second-order valence-corrected chi connectivity index (χ2v) is 5.20. The van der Waals surface area contributed by atoms with Gasteiger partial charge in [-0.2, -0.15) is 0 Å². The Hall–Kier alpha value is -1.10. The van der Waals surface area contributed by atoms with Crippen molar-refractivity contribution < 1.29 is 14.9 Å². The van der Waals surface area contributed by atoms with E-state index in [1.165, 1.54) is 0 Å². The van der Waals surface area contributed by atoms with Crippen molar-refractivity contribution in [3.8, 4) is 5.75 Å². The van der Waals surface area contributed by atoms with Gasteiger partial charge in [-0.25, -0.2) is 0 Å². The van der Waals surface area contributed by atoms with E-state index < -0.39 is 6.10 Å². The topological polar surface area (TPSA) is 52.9 Å². The van der Waals surface area contributed by atoms with Gasteiger partial charge in [0.2, 0.25) is 0 Å². The summed E-state index contributed by atoms with van der Waals surface area (Å²) in [5.41, 5.74) is 1.07. The summed E-state index contributed by atoms with van der Waals surface area (Å²) >= 11 is 0. The molecule has 0 unspecified atom stereocenters. The number of hydrogen-bond donors (Lipinski definition) is 2. The smallest absolute Gasteiger partial charge is 0.122 e. The largest absolute Gasteiger partial charge is 0.491 e. The first-order valence-electron chi connectivity index (χ1n) is 6.92. The number of aliphatic hydroxyl groups is 2. The first kappa shape index (κ1) is 14.3. The number of hydrogen-bond acceptors (Lipinski definition) is 4. The van der Waals surface area contributed by atoms with Crippen molar-refractivity contribution in [2.45, 2.75) is 31.9 Å². The molecule has 1 saturated heterocycles. The highest BCUT2D eigenvalue weighted by Gasteiger charge is 2.25. The number of nitrogens with zero attached hydrogens (tertiary/aromatic N) is 1. The molecule has 19 heavy (non-hydrogen) atoms. The Kier molecular flexibility index (Phi) is 5.19. The fraction of sp³-hybridized carbons (Fsp3) is 0.600. The van der Waals surface area contributed by atoms with Crippen LogP contribution in [0, 0.1) is 6.92 Å². The van der Waals surface area contributed by atoms with Crippen molar-refractivity contribution >= 4 is 0 Å². The molecular weight excluding hydrogens is 242 g/mol. The lowest BCUT2D eigenvalue weighted by Gasteiger charge is -2.25. The van der Waals surface area contributed by atoms with Crippen LogP contribution >= 0.6 is 0 Å². The minimum atomic E-state index is -0.522. The van der Waals surface area contributed by atoms with Crippen molar-refractivity contribution in [1.29, 1.82) is 0 Å². The Morgan fingerprint density at radius 3 is 2.95 bits per heavy atom. The number of rotatable bonds is 6. The fourth-order valence-electron chi connectivity index (χ4n) is 2.57. The Morgan fingerprint density at radius 2 is 2.21 bits per heavy atom. The molecule has 4 heteroatoms. The lowest BCUT2D eigenvalue weighted by atomic mass is 10.2. The van der Waals surface area contributed by atoms with Gasteiger partial charge in [-0.3, -0.25) is 4.90 Å². The molecule has 0 spiro atoms.